The highest BCUT2D eigenvalue weighted by atomic mass is 15.2. The number of nitrogens with zero attached hydrogens (tertiary/aromatic N) is 4. The van der Waals surface area contributed by atoms with Gasteiger partial charge in [-0.1, -0.05) is 19.3 Å². The molecule has 86 valence electrons. The number of hydrogen-bond donors (Lipinski definition) is 0. The van der Waals surface area contributed by atoms with Crippen molar-refractivity contribution in [1.82, 2.24) is 14.6 Å². The molecule has 0 atom stereocenters. The third-order valence-corrected chi connectivity index (χ3v) is 3.76. The summed E-state index contributed by atoms with van der Waals surface area (Å²) in [5.74, 6) is 0. The van der Waals surface area contributed by atoms with Crippen LogP contribution in [-0.2, 0) is 5.41 Å². The molecule has 2 aromatic heterocycles. The van der Waals surface area contributed by atoms with E-state index in [1.165, 1.54) is 6.42 Å². The van der Waals surface area contributed by atoms with Gasteiger partial charge in [0.05, 0.1) is 23.2 Å². The maximum absolute atomic E-state index is 9.59. The van der Waals surface area contributed by atoms with E-state index in [0.29, 0.717) is 0 Å². The first kappa shape index (κ1) is 10.3. The molecular formula is C13H14N4. The van der Waals surface area contributed by atoms with E-state index in [0.717, 1.165) is 36.8 Å². The Morgan fingerprint density at radius 2 is 2.12 bits per heavy atom. The molecule has 1 fully saturated rings. The average Bonchev–Trinajstić information content (AvgIpc) is 2.87. The molecule has 2 heterocycles. The van der Waals surface area contributed by atoms with Crippen molar-refractivity contribution in [3.05, 3.63) is 30.4 Å². The molecule has 0 unspecified atom stereocenters. The summed E-state index contributed by atoms with van der Waals surface area (Å²) in [6.45, 7) is 0. The Labute approximate surface area is 99.9 Å². The van der Waals surface area contributed by atoms with Crippen LogP contribution in [0.15, 0.2) is 24.8 Å². The highest BCUT2D eigenvalue weighted by Crippen LogP contribution is 2.40. The van der Waals surface area contributed by atoms with Crippen molar-refractivity contribution in [3.8, 4) is 6.07 Å². The summed E-state index contributed by atoms with van der Waals surface area (Å²) in [4.78, 5) is 4.11. The van der Waals surface area contributed by atoms with E-state index in [4.69, 9.17) is 0 Å². The van der Waals surface area contributed by atoms with Crippen LogP contribution in [0, 0.1) is 11.3 Å². The molecule has 0 spiro atoms. The minimum atomic E-state index is -0.331. The summed E-state index contributed by atoms with van der Waals surface area (Å²) in [6, 6.07) is 4.52. The number of rotatable bonds is 1. The molecule has 0 bridgehead atoms. The van der Waals surface area contributed by atoms with Gasteiger partial charge >= 0.3 is 0 Å². The number of hydrogen-bond acceptors (Lipinski definition) is 3. The lowest BCUT2D eigenvalue weighted by Gasteiger charge is -2.31. The van der Waals surface area contributed by atoms with Crippen LogP contribution >= 0.6 is 0 Å². The third-order valence-electron chi connectivity index (χ3n) is 3.76. The fourth-order valence-electron chi connectivity index (χ4n) is 2.84. The van der Waals surface area contributed by atoms with E-state index in [1.807, 2.05) is 6.07 Å². The SMILES string of the molecule is N#CC1(c2ccnn3cncc23)CCCCC1. The number of imidazole rings is 1. The fourth-order valence-corrected chi connectivity index (χ4v) is 2.84. The van der Waals surface area contributed by atoms with Crippen molar-refractivity contribution in [1.29, 1.82) is 5.26 Å². The quantitative estimate of drug-likeness (QED) is 0.750. The number of fused-ring (bicyclic) bond motifs is 1. The van der Waals surface area contributed by atoms with Gasteiger partial charge in [-0.05, 0) is 18.9 Å². The maximum atomic E-state index is 9.59. The molecule has 0 aromatic carbocycles. The van der Waals surface area contributed by atoms with Crippen molar-refractivity contribution in [3.63, 3.8) is 0 Å². The summed E-state index contributed by atoms with van der Waals surface area (Å²) < 4.78 is 1.75. The van der Waals surface area contributed by atoms with Gasteiger partial charge in [-0.2, -0.15) is 10.4 Å². The predicted octanol–water partition coefficient (Wildman–Crippen LogP) is 2.45. The average molecular weight is 226 g/mol. The Morgan fingerprint density at radius 1 is 1.29 bits per heavy atom. The maximum Gasteiger partial charge on any atom is 0.117 e. The Hall–Kier alpha value is -1.89. The molecule has 1 aliphatic rings. The van der Waals surface area contributed by atoms with Crippen LogP contribution in [0.4, 0.5) is 0 Å². The van der Waals surface area contributed by atoms with Gasteiger partial charge in [0.2, 0.25) is 0 Å². The first-order valence-electron chi connectivity index (χ1n) is 6.05. The molecule has 0 radical (unpaired) electrons. The third kappa shape index (κ3) is 1.50. The van der Waals surface area contributed by atoms with Gasteiger partial charge in [-0.3, -0.25) is 0 Å². The summed E-state index contributed by atoms with van der Waals surface area (Å²) in [5, 5.41) is 13.8. The molecule has 0 N–H and O–H groups in total. The molecule has 1 saturated carbocycles. The zero-order valence-corrected chi connectivity index (χ0v) is 9.63. The molecule has 2 aromatic rings. The Bertz CT molecular complexity index is 572. The summed E-state index contributed by atoms with van der Waals surface area (Å²) >= 11 is 0. The second-order valence-electron chi connectivity index (χ2n) is 4.72. The van der Waals surface area contributed by atoms with Crippen LogP contribution in [0.3, 0.4) is 0 Å². The first-order chi connectivity index (χ1) is 8.36. The zero-order chi connectivity index (χ0) is 11.7. The highest BCUT2D eigenvalue weighted by Gasteiger charge is 2.35. The normalized spacial score (nSPS) is 19.0. The first-order valence-corrected chi connectivity index (χ1v) is 6.05. The smallest absolute Gasteiger partial charge is 0.117 e. The van der Waals surface area contributed by atoms with Crippen molar-refractivity contribution in [2.45, 2.75) is 37.5 Å². The Kier molecular flexibility index (Phi) is 2.32. The van der Waals surface area contributed by atoms with Gasteiger partial charge in [-0.25, -0.2) is 9.50 Å². The molecule has 0 amide bonds. The molecule has 17 heavy (non-hydrogen) atoms. The van der Waals surface area contributed by atoms with E-state index >= 15 is 0 Å². The van der Waals surface area contributed by atoms with Crippen molar-refractivity contribution in [2.75, 3.05) is 0 Å². The van der Waals surface area contributed by atoms with Crippen molar-refractivity contribution >= 4 is 5.52 Å². The minimum Gasteiger partial charge on any atom is -0.243 e. The highest BCUT2D eigenvalue weighted by molar-refractivity contribution is 5.57. The van der Waals surface area contributed by atoms with E-state index < -0.39 is 0 Å². The summed E-state index contributed by atoms with van der Waals surface area (Å²) in [7, 11) is 0. The van der Waals surface area contributed by atoms with Gasteiger partial charge in [-0.15, -0.1) is 0 Å². The van der Waals surface area contributed by atoms with Crippen molar-refractivity contribution in [2.24, 2.45) is 0 Å². The second kappa shape index (κ2) is 3.85. The van der Waals surface area contributed by atoms with Crippen LogP contribution in [0.2, 0.25) is 0 Å². The second-order valence-corrected chi connectivity index (χ2v) is 4.72. The van der Waals surface area contributed by atoms with Crippen LogP contribution in [0.25, 0.3) is 5.52 Å². The molecule has 0 saturated heterocycles. The Morgan fingerprint density at radius 3 is 2.88 bits per heavy atom. The lowest BCUT2D eigenvalue weighted by atomic mass is 9.70. The standard InChI is InChI=1S/C13H14N4/c14-9-13(5-2-1-3-6-13)11-4-7-16-17-10-15-8-12(11)17/h4,7-8,10H,1-3,5-6H2. The van der Waals surface area contributed by atoms with Gasteiger partial charge in [0.1, 0.15) is 6.33 Å². The van der Waals surface area contributed by atoms with Gasteiger partial charge < -0.3 is 0 Å². The van der Waals surface area contributed by atoms with Crippen LogP contribution in [-0.4, -0.2) is 14.6 Å². The number of nitriles is 1. The van der Waals surface area contributed by atoms with Crippen LogP contribution in [0.5, 0.6) is 0 Å². The molecule has 4 nitrogen and oxygen atoms in total. The van der Waals surface area contributed by atoms with Gasteiger partial charge in [0.15, 0.2) is 0 Å². The van der Waals surface area contributed by atoms with Crippen LogP contribution < -0.4 is 0 Å². The molecule has 0 aliphatic heterocycles. The number of aromatic nitrogens is 3. The van der Waals surface area contributed by atoms with Crippen molar-refractivity contribution < 1.29 is 0 Å². The molecule has 3 rings (SSSR count). The Balaban J connectivity index is 2.19. The summed E-state index contributed by atoms with van der Waals surface area (Å²) in [5.41, 5.74) is 1.73. The molecular weight excluding hydrogens is 212 g/mol. The lowest BCUT2D eigenvalue weighted by Crippen LogP contribution is -2.27. The van der Waals surface area contributed by atoms with E-state index in [2.05, 4.69) is 16.2 Å². The summed E-state index contributed by atoms with van der Waals surface area (Å²) in [6.07, 6.45) is 10.7. The van der Waals surface area contributed by atoms with Gasteiger partial charge in [0, 0.05) is 11.8 Å². The monoisotopic (exact) mass is 226 g/mol. The van der Waals surface area contributed by atoms with Gasteiger partial charge in [0.25, 0.3) is 0 Å². The topological polar surface area (TPSA) is 54.0 Å². The minimum absolute atomic E-state index is 0.331. The lowest BCUT2D eigenvalue weighted by molar-refractivity contribution is 0.367. The van der Waals surface area contributed by atoms with Crippen LogP contribution in [0.1, 0.15) is 37.7 Å². The fraction of sp³-hybridized carbons (Fsp3) is 0.462. The van der Waals surface area contributed by atoms with E-state index in [-0.39, 0.29) is 5.41 Å². The zero-order valence-electron chi connectivity index (χ0n) is 9.63. The largest absolute Gasteiger partial charge is 0.243 e. The van der Waals surface area contributed by atoms with E-state index in [1.54, 1.807) is 23.2 Å². The molecule has 4 heteroatoms. The van der Waals surface area contributed by atoms with E-state index in [9.17, 15) is 5.26 Å². The molecule has 1 aliphatic carbocycles. The predicted molar refractivity (Wildman–Crippen MR) is 63.4 cm³/mol.